The molecular weight excluding hydrogens is 406 g/mol. The molecule has 0 spiro atoms. The van der Waals surface area contributed by atoms with Crippen LogP contribution in [0.3, 0.4) is 0 Å². The summed E-state index contributed by atoms with van der Waals surface area (Å²) in [5.74, 6) is -0.337. The minimum absolute atomic E-state index is 0.188. The quantitative estimate of drug-likeness (QED) is 0.331. The Kier molecular flexibility index (Phi) is 5.47. The topological polar surface area (TPSA) is 104 Å². The number of fused-ring (bicyclic) bond motifs is 1. The molecule has 4 aromatic rings. The van der Waals surface area contributed by atoms with Gasteiger partial charge in [-0.1, -0.05) is 41.0 Å². The third-order valence-corrected chi connectivity index (χ3v) is 4.84. The number of halogens is 1. The number of hydrogen-bond donors (Lipinski definition) is 3. The highest BCUT2D eigenvalue weighted by molar-refractivity contribution is 6.30. The molecule has 0 radical (unpaired) electrons. The standard InChI is InChI=1S/C22H16ClN3O4/c23-18-7-5-13(6-8-18)20-11-19(30-26-20)12-24-21(27)16-3-1-15-10-17(22(28)25-29)4-2-14(15)9-16/h1-11,29H,12H2,(H,24,27)(H,25,28). The molecule has 3 aromatic carbocycles. The second-order valence-corrected chi connectivity index (χ2v) is 7.02. The summed E-state index contributed by atoms with van der Waals surface area (Å²) in [4.78, 5) is 24.0. The molecule has 4 rings (SSSR count). The molecule has 0 aliphatic rings. The van der Waals surface area contributed by atoms with Crippen molar-refractivity contribution in [1.29, 1.82) is 0 Å². The molecule has 30 heavy (non-hydrogen) atoms. The van der Waals surface area contributed by atoms with Gasteiger partial charge in [-0.3, -0.25) is 14.8 Å². The molecule has 0 bridgehead atoms. The maximum absolute atomic E-state index is 12.5. The van der Waals surface area contributed by atoms with Crippen LogP contribution in [0.2, 0.25) is 5.02 Å². The molecule has 3 N–H and O–H groups in total. The number of amides is 2. The highest BCUT2D eigenvalue weighted by atomic mass is 35.5. The maximum atomic E-state index is 12.5. The van der Waals surface area contributed by atoms with Crippen molar-refractivity contribution in [2.24, 2.45) is 0 Å². The van der Waals surface area contributed by atoms with Gasteiger partial charge in [0, 0.05) is 27.8 Å². The van der Waals surface area contributed by atoms with Gasteiger partial charge in [0.1, 0.15) is 5.69 Å². The van der Waals surface area contributed by atoms with Gasteiger partial charge in [-0.05, 0) is 47.2 Å². The van der Waals surface area contributed by atoms with Crippen molar-refractivity contribution in [1.82, 2.24) is 16.0 Å². The van der Waals surface area contributed by atoms with E-state index in [1.54, 1.807) is 60.1 Å². The van der Waals surface area contributed by atoms with Gasteiger partial charge >= 0.3 is 0 Å². The van der Waals surface area contributed by atoms with Gasteiger partial charge in [-0.15, -0.1) is 0 Å². The number of benzene rings is 3. The van der Waals surface area contributed by atoms with Crippen molar-refractivity contribution in [3.8, 4) is 11.3 Å². The normalized spacial score (nSPS) is 10.7. The summed E-state index contributed by atoms with van der Waals surface area (Å²) in [6.45, 7) is 0.188. The molecule has 0 fully saturated rings. The van der Waals surface area contributed by atoms with Gasteiger partial charge in [-0.2, -0.15) is 0 Å². The average molecular weight is 422 g/mol. The van der Waals surface area contributed by atoms with Gasteiger partial charge in [-0.25, -0.2) is 5.48 Å². The average Bonchev–Trinajstić information content (AvgIpc) is 3.25. The molecule has 0 aliphatic heterocycles. The van der Waals surface area contributed by atoms with Gasteiger partial charge < -0.3 is 9.84 Å². The molecule has 2 amide bonds. The lowest BCUT2D eigenvalue weighted by atomic mass is 10.0. The Bertz CT molecular complexity index is 1230. The SMILES string of the molecule is O=C(NO)c1ccc2cc(C(=O)NCc3cc(-c4ccc(Cl)cc4)no3)ccc2c1. The number of carbonyl (C=O) groups is 2. The smallest absolute Gasteiger partial charge is 0.274 e. The zero-order valence-corrected chi connectivity index (χ0v) is 16.3. The van der Waals surface area contributed by atoms with Gasteiger partial charge in [0.15, 0.2) is 5.76 Å². The monoisotopic (exact) mass is 421 g/mol. The fraction of sp³-hybridized carbons (Fsp3) is 0.0455. The van der Waals surface area contributed by atoms with Crippen molar-refractivity contribution in [3.63, 3.8) is 0 Å². The van der Waals surface area contributed by atoms with Gasteiger partial charge in [0.05, 0.1) is 6.54 Å². The van der Waals surface area contributed by atoms with E-state index in [9.17, 15) is 9.59 Å². The van der Waals surface area contributed by atoms with E-state index in [4.69, 9.17) is 21.3 Å². The third kappa shape index (κ3) is 4.17. The van der Waals surface area contributed by atoms with E-state index in [1.165, 1.54) is 0 Å². The van der Waals surface area contributed by atoms with Crippen LogP contribution in [0.1, 0.15) is 26.5 Å². The summed E-state index contributed by atoms with van der Waals surface area (Å²) in [6.07, 6.45) is 0. The molecule has 1 heterocycles. The summed E-state index contributed by atoms with van der Waals surface area (Å²) in [5.41, 5.74) is 3.92. The van der Waals surface area contributed by atoms with Crippen molar-refractivity contribution in [3.05, 3.63) is 88.6 Å². The maximum Gasteiger partial charge on any atom is 0.274 e. The first kappa shape index (κ1) is 19.6. The number of carbonyl (C=O) groups excluding carboxylic acids is 2. The lowest BCUT2D eigenvalue weighted by Crippen LogP contribution is -2.22. The molecule has 0 atom stereocenters. The second kappa shape index (κ2) is 8.36. The summed E-state index contributed by atoms with van der Waals surface area (Å²) in [6, 6.07) is 19.0. The minimum atomic E-state index is -0.594. The molecule has 8 heteroatoms. The lowest BCUT2D eigenvalue weighted by Gasteiger charge is -2.06. The van der Waals surface area contributed by atoms with E-state index >= 15 is 0 Å². The van der Waals surface area contributed by atoms with Crippen LogP contribution in [0, 0.1) is 0 Å². The predicted octanol–water partition coefficient (Wildman–Crippen LogP) is 4.20. The van der Waals surface area contributed by atoms with Crippen LogP contribution in [0.5, 0.6) is 0 Å². The zero-order chi connectivity index (χ0) is 21.1. The van der Waals surface area contributed by atoms with E-state index in [2.05, 4.69) is 10.5 Å². The molecule has 0 saturated heterocycles. The van der Waals surface area contributed by atoms with E-state index in [0.29, 0.717) is 27.6 Å². The van der Waals surface area contributed by atoms with E-state index in [0.717, 1.165) is 16.3 Å². The Morgan fingerprint density at radius 3 is 2.17 bits per heavy atom. The Morgan fingerprint density at radius 1 is 0.900 bits per heavy atom. The van der Waals surface area contributed by atoms with Gasteiger partial charge in [0.2, 0.25) is 0 Å². The summed E-state index contributed by atoms with van der Waals surface area (Å²) in [5, 5.41) is 17.8. The summed E-state index contributed by atoms with van der Waals surface area (Å²) >= 11 is 5.89. The largest absolute Gasteiger partial charge is 0.359 e. The Hall–Kier alpha value is -3.68. The van der Waals surface area contributed by atoms with Crippen molar-refractivity contribution < 1.29 is 19.3 Å². The summed E-state index contributed by atoms with van der Waals surface area (Å²) in [7, 11) is 0. The number of hydroxylamine groups is 1. The highest BCUT2D eigenvalue weighted by Crippen LogP contribution is 2.22. The van der Waals surface area contributed by atoms with Crippen LogP contribution in [0.4, 0.5) is 0 Å². The van der Waals surface area contributed by atoms with Crippen LogP contribution in [0.25, 0.3) is 22.0 Å². The minimum Gasteiger partial charge on any atom is -0.359 e. The van der Waals surface area contributed by atoms with Crippen molar-refractivity contribution in [2.75, 3.05) is 0 Å². The molecular formula is C22H16ClN3O4. The zero-order valence-electron chi connectivity index (χ0n) is 15.6. The number of hydrogen-bond acceptors (Lipinski definition) is 5. The predicted molar refractivity (Wildman–Crippen MR) is 111 cm³/mol. The Labute approximate surface area is 176 Å². The first-order valence-electron chi connectivity index (χ1n) is 9.01. The molecule has 0 unspecified atom stereocenters. The van der Waals surface area contributed by atoms with Gasteiger partial charge in [0.25, 0.3) is 11.8 Å². The van der Waals surface area contributed by atoms with Crippen molar-refractivity contribution in [2.45, 2.75) is 6.54 Å². The number of aromatic nitrogens is 1. The van der Waals surface area contributed by atoms with Crippen molar-refractivity contribution >= 4 is 34.2 Å². The molecule has 0 aliphatic carbocycles. The molecule has 150 valence electrons. The lowest BCUT2D eigenvalue weighted by molar-refractivity contribution is 0.0706. The van der Waals surface area contributed by atoms with Crippen LogP contribution in [0.15, 0.2) is 71.3 Å². The second-order valence-electron chi connectivity index (χ2n) is 6.59. The third-order valence-electron chi connectivity index (χ3n) is 4.59. The number of rotatable bonds is 5. The van der Waals surface area contributed by atoms with E-state index in [1.807, 2.05) is 12.1 Å². The first-order chi connectivity index (χ1) is 14.5. The fourth-order valence-electron chi connectivity index (χ4n) is 3.02. The van der Waals surface area contributed by atoms with Crippen LogP contribution in [-0.2, 0) is 6.54 Å². The van der Waals surface area contributed by atoms with E-state index < -0.39 is 5.91 Å². The molecule has 7 nitrogen and oxygen atoms in total. The first-order valence-corrected chi connectivity index (χ1v) is 9.39. The molecule has 0 saturated carbocycles. The van der Waals surface area contributed by atoms with E-state index in [-0.39, 0.29) is 12.5 Å². The van der Waals surface area contributed by atoms with Crippen LogP contribution in [-0.4, -0.2) is 22.2 Å². The fourth-order valence-corrected chi connectivity index (χ4v) is 3.14. The van der Waals surface area contributed by atoms with Crippen LogP contribution < -0.4 is 10.8 Å². The Morgan fingerprint density at radius 2 is 1.53 bits per heavy atom. The number of nitrogens with zero attached hydrogens (tertiary/aromatic N) is 1. The molecule has 1 aromatic heterocycles. The number of nitrogens with one attached hydrogen (secondary N) is 2. The Balaban J connectivity index is 1.44. The highest BCUT2D eigenvalue weighted by Gasteiger charge is 2.11. The van der Waals surface area contributed by atoms with Crippen LogP contribution >= 0.6 is 11.6 Å². The summed E-state index contributed by atoms with van der Waals surface area (Å²) < 4.78 is 5.30.